The molecule has 0 radical (unpaired) electrons. The first-order valence-corrected chi connectivity index (χ1v) is 12.0. The topological polar surface area (TPSA) is 101 Å². The summed E-state index contributed by atoms with van der Waals surface area (Å²) in [6.45, 7) is 5.31. The summed E-state index contributed by atoms with van der Waals surface area (Å²) in [5.41, 5.74) is 1.82. The molecule has 3 aromatic rings. The largest absolute Gasteiger partial charge is 0.325 e. The van der Waals surface area contributed by atoms with Gasteiger partial charge in [-0.3, -0.25) is 4.79 Å². The number of rotatable bonds is 7. The van der Waals surface area contributed by atoms with Gasteiger partial charge in [-0.25, -0.2) is 23.1 Å². The van der Waals surface area contributed by atoms with E-state index in [0.717, 1.165) is 4.90 Å². The van der Waals surface area contributed by atoms with Crippen LogP contribution in [0.5, 0.6) is 0 Å². The number of anilines is 2. The third-order valence-electron chi connectivity index (χ3n) is 4.14. The van der Waals surface area contributed by atoms with Crippen molar-refractivity contribution < 1.29 is 13.2 Å². The molecule has 0 aliphatic carbocycles. The van der Waals surface area contributed by atoms with E-state index in [2.05, 4.69) is 20.0 Å². The molecule has 31 heavy (non-hydrogen) atoms. The standard InChI is InChI=1S/C21H21ClN4O3S2/c1-13-12-14(2)24-21(23-13)26-31(28,29)19-10-6-17(7-11-19)25-20(27)15(3)30-18-8-4-16(22)5-9-18/h4-12,15H,1-3H3,(H,25,27)(H,23,24,26). The number of hydrogen-bond acceptors (Lipinski definition) is 6. The second-order valence-corrected chi connectivity index (χ2v) is 10.3. The number of aryl methyl sites for hydroxylation is 2. The van der Waals surface area contributed by atoms with Gasteiger partial charge in [0.05, 0.1) is 10.1 Å². The van der Waals surface area contributed by atoms with Gasteiger partial charge in [-0.05, 0) is 75.4 Å². The molecule has 7 nitrogen and oxygen atoms in total. The zero-order valence-electron chi connectivity index (χ0n) is 17.1. The van der Waals surface area contributed by atoms with E-state index in [9.17, 15) is 13.2 Å². The Morgan fingerprint density at radius 1 is 1.00 bits per heavy atom. The third kappa shape index (κ3) is 6.43. The Bertz CT molecular complexity index is 1160. The molecular weight excluding hydrogens is 456 g/mol. The predicted octanol–water partition coefficient (Wildman–Crippen LogP) is 4.67. The summed E-state index contributed by atoms with van der Waals surface area (Å²) in [5.74, 6) is -0.180. The molecule has 1 atom stereocenters. The van der Waals surface area contributed by atoms with Crippen molar-refractivity contribution in [3.63, 3.8) is 0 Å². The Morgan fingerprint density at radius 3 is 2.16 bits per heavy atom. The number of nitrogens with zero attached hydrogens (tertiary/aromatic N) is 2. The summed E-state index contributed by atoms with van der Waals surface area (Å²) in [6, 6.07) is 14.9. The fourth-order valence-electron chi connectivity index (χ4n) is 2.68. The van der Waals surface area contributed by atoms with Crippen molar-refractivity contribution >= 4 is 50.9 Å². The van der Waals surface area contributed by atoms with Gasteiger partial charge in [0.15, 0.2) is 0 Å². The molecule has 3 rings (SSSR count). The number of nitrogens with one attached hydrogen (secondary N) is 2. The first kappa shape index (κ1) is 23.1. The Kier molecular flexibility index (Phi) is 7.19. The predicted molar refractivity (Wildman–Crippen MR) is 124 cm³/mol. The van der Waals surface area contributed by atoms with Crippen LogP contribution in [0, 0.1) is 13.8 Å². The normalized spacial score (nSPS) is 12.3. The van der Waals surface area contributed by atoms with Crippen LogP contribution in [0.1, 0.15) is 18.3 Å². The smallest absolute Gasteiger partial charge is 0.264 e. The molecule has 0 bridgehead atoms. The van der Waals surface area contributed by atoms with Gasteiger partial charge >= 0.3 is 0 Å². The molecule has 1 amide bonds. The number of sulfonamides is 1. The highest BCUT2D eigenvalue weighted by molar-refractivity contribution is 8.00. The average molecular weight is 477 g/mol. The minimum atomic E-state index is -3.86. The number of carbonyl (C=O) groups excluding carboxylic acids is 1. The number of hydrogen-bond donors (Lipinski definition) is 2. The van der Waals surface area contributed by atoms with Crippen LogP contribution < -0.4 is 10.0 Å². The molecule has 1 unspecified atom stereocenters. The van der Waals surface area contributed by atoms with Gasteiger partial charge in [0.25, 0.3) is 10.0 Å². The molecular formula is C21H21ClN4O3S2. The first-order valence-electron chi connectivity index (χ1n) is 9.31. The summed E-state index contributed by atoms with van der Waals surface area (Å²) < 4.78 is 27.6. The summed E-state index contributed by atoms with van der Waals surface area (Å²) in [6.07, 6.45) is 0. The molecule has 0 saturated carbocycles. The van der Waals surface area contributed by atoms with Crippen molar-refractivity contribution in [3.05, 3.63) is 71.0 Å². The van der Waals surface area contributed by atoms with Crippen LogP contribution >= 0.6 is 23.4 Å². The Labute approximate surface area is 190 Å². The van der Waals surface area contributed by atoms with Gasteiger partial charge in [0, 0.05) is 27.0 Å². The monoisotopic (exact) mass is 476 g/mol. The van der Waals surface area contributed by atoms with Crippen molar-refractivity contribution in [3.8, 4) is 0 Å². The highest BCUT2D eigenvalue weighted by Gasteiger charge is 2.18. The van der Waals surface area contributed by atoms with Crippen LogP contribution in [0.25, 0.3) is 0 Å². The SMILES string of the molecule is Cc1cc(C)nc(NS(=O)(=O)c2ccc(NC(=O)C(C)Sc3ccc(Cl)cc3)cc2)n1. The van der Waals surface area contributed by atoms with Crippen LogP contribution in [-0.4, -0.2) is 29.5 Å². The summed E-state index contributed by atoms with van der Waals surface area (Å²) in [5, 5.41) is 3.07. The van der Waals surface area contributed by atoms with E-state index in [4.69, 9.17) is 11.6 Å². The fraction of sp³-hybridized carbons (Fsp3) is 0.190. The van der Waals surface area contributed by atoms with Crippen molar-refractivity contribution in [1.82, 2.24) is 9.97 Å². The number of benzene rings is 2. The van der Waals surface area contributed by atoms with Gasteiger partial charge in [0.2, 0.25) is 11.9 Å². The second-order valence-electron chi connectivity index (χ2n) is 6.81. The third-order valence-corrected chi connectivity index (χ3v) is 6.84. The van der Waals surface area contributed by atoms with Crippen molar-refractivity contribution in [2.75, 3.05) is 10.0 Å². The maximum Gasteiger partial charge on any atom is 0.264 e. The molecule has 0 saturated heterocycles. The number of amides is 1. The lowest BCUT2D eigenvalue weighted by atomic mass is 10.3. The van der Waals surface area contributed by atoms with E-state index < -0.39 is 10.0 Å². The molecule has 0 fully saturated rings. The van der Waals surface area contributed by atoms with Crippen molar-refractivity contribution in [2.45, 2.75) is 35.8 Å². The maximum absolute atomic E-state index is 12.6. The zero-order valence-corrected chi connectivity index (χ0v) is 19.5. The maximum atomic E-state index is 12.6. The molecule has 2 aromatic carbocycles. The zero-order chi connectivity index (χ0) is 22.6. The van der Waals surface area contributed by atoms with E-state index in [1.54, 1.807) is 39.0 Å². The van der Waals surface area contributed by atoms with Crippen LogP contribution in [0.15, 0.2) is 64.4 Å². The minimum absolute atomic E-state index is 0.0166. The average Bonchev–Trinajstić information content (AvgIpc) is 2.69. The molecule has 1 aromatic heterocycles. The quantitative estimate of drug-likeness (QED) is 0.480. The van der Waals surface area contributed by atoms with E-state index in [-0.39, 0.29) is 22.0 Å². The molecule has 0 aliphatic rings. The van der Waals surface area contributed by atoms with E-state index in [1.807, 2.05) is 12.1 Å². The lowest BCUT2D eigenvalue weighted by Crippen LogP contribution is -2.22. The highest BCUT2D eigenvalue weighted by atomic mass is 35.5. The Balaban J connectivity index is 1.64. The van der Waals surface area contributed by atoms with Gasteiger partial charge in [0.1, 0.15) is 0 Å². The molecule has 10 heteroatoms. The molecule has 0 spiro atoms. The van der Waals surface area contributed by atoms with Crippen molar-refractivity contribution in [2.24, 2.45) is 0 Å². The van der Waals surface area contributed by atoms with Crippen molar-refractivity contribution in [1.29, 1.82) is 0 Å². The van der Waals surface area contributed by atoms with Crippen LogP contribution in [0.2, 0.25) is 5.02 Å². The summed E-state index contributed by atoms with van der Waals surface area (Å²) in [4.78, 5) is 21.6. The lowest BCUT2D eigenvalue weighted by molar-refractivity contribution is -0.115. The molecule has 0 aliphatic heterocycles. The van der Waals surface area contributed by atoms with E-state index in [0.29, 0.717) is 22.1 Å². The highest BCUT2D eigenvalue weighted by Crippen LogP contribution is 2.26. The molecule has 162 valence electrons. The second kappa shape index (κ2) is 9.67. The first-order chi connectivity index (χ1) is 14.6. The molecule has 1 heterocycles. The fourth-order valence-corrected chi connectivity index (χ4v) is 4.62. The number of halogens is 1. The number of thioether (sulfide) groups is 1. The van der Waals surface area contributed by atoms with Gasteiger partial charge in [-0.2, -0.15) is 0 Å². The van der Waals surface area contributed by atoms with Crippen LogP contribution in [0.3, 0.4) is 0 Å². The van der Waals surface area contributed by atoms with E-state index >= 15 is 0 Å². The Morgan fingerprint density at radius 2 is 1.58 bits per heavy atom. The molecule has 2 N–H and O–H groups in total. The number of aromatic nitrogens is 2. The Hall–Kier alpha value is -2.62. The lowest BCUT2D eigenvalue weighted by Gasteiger charge is -2.13. The number of carbonyl (C=O) groups is 1. The minimum Gasteiger partial charge on any atom is -0.325 e. The van der Waals surface area contributed by atoms with E-state index in [1.165, 1.54) is 36.0 Å². The summed E-state index contributed by atoms with van der Waals surface area (Å²) in [7, 11) is -3.86. The van der Waals surface area contributed by atoms with Crippen LogP contribution in [-0.2, 0) is 14.8 Å². The van der Waals surface area contributed by atoms with Crippen LogP contribution in [0.4, 0.5) is 11.6 Å². The van der Waals surface area contributed by atoms with Gasteiger partial charge in [-0.1, -0.05) is 11.6 Å². The van der Waals surface area contributed by atoms with Gasteiger partial charge < -0.3 is 5.32 Å². The summed E-state index contributed by atoms with van der Waals surface area (Å²) >= 11 is 7.28. The van der Waals surface area contributed by atoms with Gasteiger partial charge in [-0.15, -0.1) is 11.8 Å².